The second-order valence-corrected chi connectivity index (χ2v) is 7.84. The molecule has 0 aromatic heterocycles. The highest BCUT2D eigenvalue weighted by molar-refractivity contribution is 5.96. The van der Waals surface area contributed by atoms with Crippen molar-refractivity contribution in [3.05, 3.63) is 29.3 Å². The summed E-state index contributed by atoms with van der Waals surface area (Å²) in [6.07, 6.45) is 2.99. The van der Waals surface area contributed by atoms with Crippen LogP contribution in [0, 0.1) is 5.41 Å². The van der Waals surface area contributed by atoms with E-state index in [1.807, 2.05) is 25.1 Å². The van der Waals surface area contributed by atoms with Gasteiger partial charge in [0.15, 0.2) is 0 Å². The first-order chi connectivity index (χ1) is 13.5. The topological polar surface area (TPSA) is 130 Å². The second kappa shape index (κ2) is 9.67. The zero-order valence-corrected chi connectivity index (χ0v) is 16.6. The third kappa shape index (κ3) is 5.21. The summed E-state index contributed by atoms with van der Waals surface area (Å²) in [4.78, 5) is 7.13. The van der Waals surface area contributed by atoms with Crippen molar-refractivity contribution in [2.45, 2.75) is 57.0 Å². The Balaban J connectivity index is 1.52. The first-order valence-corrected chi connectivity index (χ1v) is 10.1. The Labute approximate surface area is 166 Å². The zero-order valence-electron chi connectivity index (χ0n) is 16.6. The highest BCUT2D eigenvalue weighted by Gasteiger charge is 2.26. The SMILES string of the molecule is C[C@H](ON)[C@H]1CCc2cc(C(=N)NC3CCN(C[C@H](O)CN)CC3)ccc2O1. The van der Waals surface area contributed by atoms with E-state index >= 15 is 0 Å². The maximum atomic E-state index is 9.69. The predicted octanol–water partition coefficient (Wildman–Crippen LogP) is 0.358. The minimum atomic E-state index is -0.459. The van der Waals surface area contributed by atoms with Crippen LogP contribution >= 0.6 is 0 Å². The fourth-order valence-corrected chi connectivity index (χ4v) is 3.90. The predicted molar refractivity (Wildman–Crippen MR) is 108 cm³/mol. The van der Waals surface area contributed by atoms with Crippen LogP contribution in [0.4, 0.5) is 0 Å². The third-order valence-electron chi connectivity index (χ3n) is 5.74. The summed E-state index contributed by atoms with van der Waals surface area (Å²) < 4.78 is 5.99. The molecule has 28 heavy (non-hydrogen) atoms. The van der Waals surface area contributed by atoms with Gasteiger partial charge < -0.3 is 25.8 Å². The van der Waals surface area contributed by atoms with E-state index in [4.69, 9.17) is 26.6 Å². The fraction of sp³-hybridized carbons (Fsp3) is 0.650. The summed E-state index contributed by atoms with van der Waals surface area (Å²) in [6, 6.07) is 6.18. The molecule has 1 fully saturated rings. The van der Waals surface area contributed by atoms with E-state index in [0.717, 1.165) is 55.6 Å². The molecule has 0 saturated carbocycles. The molecule has 2 aliphatic heterocycles. The van der Waals surface area contributed by atoms with Gasteiger partial charge in [0.2, 0.25) is 0 Å². The average Bonchev–Trinajstić information content (AvgIpc) is 2.73. The minimum absolute atomic E-state index is 0.0381. The number of fused-ring (bicyclic) bond motifs is 1. The lowest BCUT2D eigenvalue weighted by atomic mass is 9.97. The van der Waals surface area contributed by atoms with E-state index in [-0.39, 0.29) is 18.2 Å². The van der Waals surface area contributed by atoms with Crippen LogP contribution in [0.15, 0.2) is 18.2 Å². The number of nitrogens with zero attached hydrogens (tertiary/aromatic N) is 1. The number of aliphatic hydroxyl groups is 1. The highest BCUT2D eigenvalue weighted by Crippen LogP contribution is 2.30. The van der Waals surface area contributed by atoms with Crippen LogP contribution in [-0.4, -0.2) is 66.4 Å². The van der Waals surface area contributed by atoms with Crippen molar-refractivity contribution < 1.29 is 14.7 Å². The number of β-amino-alcohol motifs (C(OH)–C–C–N with tert-alkyl or cyclic N) is 1. The molecule has 1 saturated heterocycles. The number of amidine groups is 1. The lowest BCUT2D eigenvalue weighted by molar-refractivity contribution is -0.0238. The summed E-state index contributed by atoms with van der Waals surface area (Å²) in [6.45, 7) is 4.64. The molecular formula is C20H33N5O3. The van der Waals surface area contributed by atoms with E-state index in [0.29, 0.717) is 18.9 Å². The highest BCUT2D eigenvalue weighted by atomic mass is 16.6. The van der Waals surface area contributed by atoms with Gasteiger partial charge >= 0.3 is 0 Å². The molecule has 0 unspecified atom stereocenters. The second-order valence-electron chi connectivity index (χ2n) is 7.84. The number of likely N-dealkylation sites (tertiary alicyclic amines) is 1. The van der Waals surface area contributed by atoms with Crippen LogP contribution in [0.1, 0.15) is 37.3 Å². The van der Waals surface area contributed by atoms with Gasteiger partial charge in [-0.1, -0.05) is 0 Å². The van der Waals surface area contributed by atoms with Gasteiger partial charge in [0.05, 0.1) is 6.10 Å². The summed E-state index contributed by atoms with van der Waals surface area (Å²) in [7, 11) is 0. The van der Waals surface area contributed by atoms with Crippen LogP contribution in [0.25, 0.3) is 0 Å². The van der Waals surface area contributed by atoms with Crippen LogP contribution in [-0.2, 0) is 11.3 Å². The zero-order chi connectivity index (χ0) is 20.1. The van der Waals surface area contributed by atoms with Crippen molar-refractivity contribution in [3.63, 3.8) is 0 Å². The molecule has 3 rings (SSSR count). The van der Waals surface area contributed by atoms with Crippen molar-refractivity contribution in [1.82, 2.24) is 10.2 Å². The molecule has 7 N–H and O–H groups in total. The standard InChI is InChI=1S/C20H33N5O3/c1-13(28-23)18-4-2-14-10-15(3-5-19(14)27-18)20(22)24-16-6-8-25(9-7-16)12-17(26)11-21/h3,5,10,13,16-18,26H,2,4,6-9,11-12,21,23H2,1H3,(H2,22,24)/t13-,17+,18+/m0/s1. The number of hydrogen-bond acceptors (Lipinski definition) is 7. The smallest absolute Gasteiger partial charge is 0.127 e. The first kappa shape index (κ1) is 21.0. The molecule has 0 aliphatic carbocycles. The maximum Gasteiger partial charge on any atom is 0.127 e. The van der Waals surface area contributed by atoms with Gasteiger partial charge in [-0.2, -0.15) is 0 Å². The monoisotopic (exact) mass is 391 g/mol. The van der Waals surface area contributed by atoms with Gasteiger partial charge in [0.25, 0.3) is 0 Å². The molecule has 3 atom stereocenters. The molecule has 2 aliphatic rings. The Morgan fingerprint density at radius 1 is 1.39 bits per heavy atom. The molecule has 0 radical (unpaired) electrons. The minimum Gasteiger partial charge on any atom is -0.487 e. The number of nitrogens with two attached hydrogens (primary N) is 2. The van der Waals surface area contributed by atoms with E-state index in [2.05, 4.69) is 10.2 Å². The van der Waals surface area contributed by atoms with Crippen LogP contribution in [0.3, 0.4) is 0 Å². The fourth-order valence-electron chi connectivity index (χ4n) is 3.90. The third-order valence-corrected chi connectivity index (χ3v) is 5.74. The van der Waals surface area contributed by atoms with Gasteiger partial charge in [0.1, 0.15) is 23.8 Å². The number of rotatable bonds is 7. The van der Waals surface area contributed by atoms with Gasteiger partial charge in [-0.15, -0.1) is 0 Å². The number of aliphatic hydroxyl groups excluding tert-OH is 1. The molecule has 8 heteroatoms. The summed E-state index contributed by atoms with van der Waals surface area (Å²) in [5, 5.41) is 21.5. The van der Waals surface area contributed by atoms with Crippen molar-refractivity contribution in [2.75, 3.05) is 26.2 Å². The van der Waals surface area contributed by atoms with Gasteiger partial charge in [-0.25, -0.2) is 5.90 Å². The molecule has 2 heterocycles. The molecule has 0 spiro atoms. The average molecular weight is 392 g/mol. The molecule has 1 aromatic rings. The number of nitrogens with one attached hydrogen (secondary N) is 2. The van der Waals surface area contributed by atoms with Crippen LogP contribution in [0.5, 0.6) is 5.75 Å². The van der Waals surface area contributed by atoms with Gasteiger partial charge in [0, 0.05) is 37.8 Å². The van der Waals surface area contributed by atoms with Crippen molar-refractivity contribution in [2.24, 2.45) is 11.6 Å². The number of aryl methyl sites for hydroxylation is 1. The molecule has 0 bridgehead atoms. The Hall–Kier alpha value is -1.71. The van der Waals surface area contributed by atoms with E-state index in [1.165, 1.54) is 0 Å². The maximum absolute atomic E-state index is 9.69. The van der Waals surface area contributed by atoms with Gasteiger partial charge in [-0.05, 0) is 56.4 Å². The molecule has 0 amide bonds. The number of benzene rings is 1. The Kier molecular flexibility index (Phi) is 7.25. The number of ether oxygens (including phenoxy) is 1. The molecule has 156 valence electrons. The van der Waals surface area contributed by atoms with E-state index < -0.39 is 6.10 Å². The normalized spacial score (nSPS) is 22.8. The Bertz CT molecular complexity index is 663. The number of piperidine rings is 1. The molecule has 8 nitrogen and oxygen atoms in total. The van der Waals surface area contributed by atoms with Crippen molar-refractivity contribution in [3.8, 4) is 5.75 Å². The van der Waals surface area contributed by atoms with Gasteiger partial charge in [-0.3, -0.25) is 10.2 Å². The summed E-state index contributed by atoms with van der Waals surface area (Å²) >= 11 is 0. The Morgan fingerprint density at radius 3 is 2.82 bits per heavy atom. The summed E-state index contributed by atoms with van der Waals surface area (Å²) in [5.74, 6) is 6.58. The first-order valence-electron chi connectivity index (χ1n) is 10.1. The quantitative estimate of drug-likeness (QED) is 0.258. The lowest BCUT2D eigenvalue weighted by Gasteiger charge is -2.34. The summed E-state index contributed by atoms with van der Waals surface area (Å²) in [5.41, 5.74) is 7.49. The van der Waals surface area contributed by atoms with Crippen molar-refractivity contribution >= 4 is 5.84 Å². The van der Waals surface area contributed by atoms with E-state index in [1.54, 1.807) is 0 Å². The van der Waals surface area contributed by atoms with E-state index in [9.17, 15) is 5.11 Å². The molecular weight excluding hydrogens is 358 g/mol. The van der Waals surface area contributed by atoms with Crippen LogP contribution in [0.2, 0.25) is 0 Å². The lowest BCUT2D eigenvalue weighted by Crippen LogP contribution is -2.47. The van der Waals surface area contributed by atoms with Crippen LogP contribution < -0.4 is 21.7 Å². The van der Waals surface area contributed by atoms with Crippen molar-refractivity contribution in [1.29, 1.82) is 5.41 Å². The Morgan fingerprint density at radius 2 is 2.14 bits per heavy atom. The molecule has 1 aromatic carbocycles. The largest absolute Gasteiger partial charge is 0.487 e. The number of hydrogen-bond donors (Lipinski definition) is 5.